The van der Waals surface area contributed by atoms with Gasteiger partial charge in [0.2, 0.25) is 0 Å². The van der Waals surface area contributed by atoms with Crippen molar-refractivity contribution in [2.45, 2.75) is 26.2 Å². The molecule has 1 radical (unpaired) electrons. The molecule has 1 aromatic rings. The average molecular weight is 269 g/mol. The van der Waals surface area contributed by atoms with Gasteiger partial charge in [-0.2, -0.15) is 0 Å². The molecule has 0 saturated heterocycles. The van der Waals surface area contributed by atoms with Crippen molar-refractivity contribution in [3.05, 3.63) is 23.8 Å². The Balaban J connectivity index is 0.00000169. The van der Waals surface area contributed by atoms with Gasteiger partial charge in [-0.05, 0) is 25.0 Å². The maximum Gasteiger partial charge on any atom is 0.125 e. The van der Waals surface area contributed by atoms with Gasteiger partial charge in [-0.1, -0.05) is 19.4 Å². The molecule has 14 heavy (non-hydrogen) atoms. The molecule has 0 atom stereocenters. The Morgan fingerprint density at radius 2 is 2.07 bits per heavy atom. The number of phenolic OH excluding ortho intramolecular Hbond substituents is 1. The minimum atomic E-state index is 0. The van der Waals surface area contributed by atoms with E-state index < -0.39 is 0 Å². The summed E-state index contributed by atoms with van der Waals surface area (Å²) >= 11 is 0. The Bertz CT molecular complexity index is 274. The topological polar surface area (TPSA) is 29.5 Å². The number of hydrogen-bond acceptors (Lipinski definition) is 2. The fourth-order valence-electron chi connectivity index (χ4n) is 1.35. The van der Waals surface area contributed by atoms with E-state index in [9.17, 15) is 5.11 Å². The number of methoxy groups -OCH3 is 1. The number of unbranched alkanes of at least 4 members (excludes halogenated alkanes) is 1. The summed E-state index contributed by atoms with van der Waals surface area (Å²) in [7, 11) is 1.63. The van der Waals surface area contributed by atoms with Crippen LogP contribution in [0.3, 0.4) is 0 Å². The molecule has 0 unspecified atom stereocenters. The van der Waals surface area contributed by atoms with Gasteiger partial charge in [0.1, 0.15) is 11.5 Å². The first-order valence-electron chi connectivity index (χ1n) is 4.64. The van der Waals surface area contributed by atoms with E-state index in [1.54, 1.807) is 19.2 Å². The Labute approximate surface area is 111 Å². The largest absolute Gasteiger partial charge is 0.508 e. The van der Waals surface area contributed by atoms with Gasteiger partial charge in [-0.15, -0.1) is 0 Å². The van der Waals surface area contributed by atoms with Crippen LogP contribution in [0.15, 0.2) is 18.2 Å². The van der Waals surface area contributed by atoms with Crippen LogP contribution in [-0.2, 0) is 39.1 Å². The molecule has 75 valence electrons. The van der Waals surface area contributed by atoms with Crippen LogP contribution in [0.25, 0.3) is 0 Å². The van der Waals surface area contributed by atoms with E-state index in [1.165, 1.54) is 0 Å². The van der Waals surface area contributed by atoms with Crippen LogP contribution < -0.4 is 4.74 Å². The molecule has 0 aliphatic heterocycles. The van der Waals surface area contributed by atoms with Gasteiger partial charge in [-0.25, -0.2) is 0 Å². The van der Waals surface area contributed by atoms with Gasteiger partial charge in [0, 0.05) is 38.3 Å². The Hall–Kier alpha value is -0.0761. The zero-order valence-electron chi connectivity index (χ0n) is 8.79. The molecule has 0 saturated carbocycles. The molecule has 1 aromatic carbocycles. The number of phenols is 1. The summed E-state index contributed by atoms with van der Waals surface area (Å²) in [6.07, 6.45) is 3.08. The van der Waals surface area contributed by atoms with Gasteiger partial charge in [0.25, 0.3) is 0 Å². The summed E-state index contributed by atoms with van der Waals surface area (Å²) in [5, 5.41) is 9.57. The summed E-state index contributed by atoms with van der Waals surface area (Å²) in [6, 6.07) is 5.38. The van der Waals surface area contributed by atoms with Crippen LogP contribution in [0.4, 0.5) is 0 Å². The molecular weight excluding hydrogens is 253 g/mol. The summed E-state index contributed by atoms with van der Waals surface area (Å²) in [5.41, 5.74) is 0.923. The Kier molecular flexibility index (Phi) is 7.21. The number of ether oxygens (including phenoxy) is 1. The third-order valence-corrected chi connectivity index (χ3v) is 2.11. The quantitative estimate of drug-likeness (QED) is 0.910. The maximum atomic E-state index is 9.57. The molecule has 0 heterocycles. The van der Waals surface area contributed by atoms with E-state index in [0.717, 1.165) is 30.6 Å². The van der Waals surface area contributed by atoms with E-state index in [2.05, 4.69) is 6.92 Å². The maximum absolute atomic E-state index is 9.57. The molecule has 0 spiro atoms. The monoisotopic (exact) mass is 269 g/mol. The molecule has 1 N–H and O–H groups in total. The fourth-order valence-corrected chi connectivity index (χ4v) is 1.35. The van der Waals surface area contributed by atoms with Gasteiger partial charge >= 0.3 is 0 Å². The molecule has 0 fully saturated rings. The van der Waals surface area contributed by atoms with Crippen LogP contribution in [0.2, 0.25) is 0 Å². The first-order chi connectivity index (χ1) is 6.29. The number of rotatable bonds is 4. The minimum absolute atomic E-state index is 0. The normalized spacial score (nSPS) is 9.29. The van der Waals surface area contributed by atoms with E-state index >= 15 is 0 Å². The molecule has 0 aliphatic carbocycles. The van der Waals surface area contributed by atoms with Crippen LogP contribution in [0.5, 0.6) is 11.5 Å². The molecule has 1 rings (SSSR count). The summed E-state index contributed by atoms with van der Waals surface area (Å²) < 4.78 is 5.16. The summed E-state index contributed by atoms with van der Waals surface area (Å²) in [6.45, 7) is 2.13. The molecule has 2 nitrogen and oxygen atoms in total. The second-order valence-electron chi connectivity index (χ2n) is 3.06. The van der Waals surface area contributed by atoms with Gasteiger partial charge < -0.3 is 9.84 Å². The number of benzene rings is 1. The van der Waals surface area contributed by atoms with Crippen molar-refractivity contribution in [3.8, 4) is 11.5 Å². The van der Waals surface area contributed by atoms with Gasteiger partial charge in [0.05, 0.1) is 7.11 Å². The van der Waals surface area contributed by atoms with Crippen molar-refractivity contribution in [1.82, 2.24) is 0 Å². The molecule has 0 aromatic heterocycles. The van der Waals surface area contributed by atoms with E-state index in [-0.39, 0.29) is 32.7 Å². The number of hydrogen-bond donors (Lipinski definition) is 1. The van der Waals surface area contributed by atoms with Crippen molar-refractivity contribution in [2.75, 3.05) is 7.11 Å². The summed E-state index contributed by atoms with van der Waals surface area (Å²) in [5.74, 6) is 1.13. The molecular formula is C11H16O2Y. The third-order valence-electron chi connectivity index (χ3n) is 2.11. The van der Waals surface area contributed by atoms with Crippen molar-refractivity contribution >= 4 is 0 Å². The van der Waals surface area contributed by atoms with Crippen LogP contribution in [-0.4, -0.2) is 12.2 Å². The van der Waals surface area contributed by atoms with Crippen LogP contribution in [0.1, 0.15) is 25.3 Å². The molecule has 0 aliphatic rings. The second-order valence-corrected chi connectivity index (χ2v) is 3.06. The van der Waals surface area contributed by atoms with E-state index in [4.69, 9.17) is 4.74 Å². The minimum Gasteiger partial charge on any atom is -0.508 e. The van der Waals surface area contributed by atoms with Crippen molar-refractivity contribution in [2.24, 2.45) is 0 Å². The SMILES string of the molecule is CCCCc1c(O)cccc1OC.[Y]. The van der Waals surface area contributed by atoms with Gasteiger partial charge in [0.15, 0.2) is 0 Å². The van der Waals surface area contributed by atoms with Crippen molar-refractivity contribution in [1.29, 1.82) is 0 Å². The fraction of sp³-hybridized carbons (Fsp3) is 0.455. The van der Waals surface area contributed by atoms with E-state index in [0.29, 0.717) is 5.75 Å². The standard InChI is InChI=1S/C11H16O2.Y/c1-3-4-6-9-10(12)7-5-8-11(9)13-2;/h5,7-8,12H,3-4,6H2,1-2H3;. The average Bonchev–Trinajstić information content (AvgIpc) is 2.15. The summed E-state index contributed by atoms with van der Waals surface area (Å²) in [4.78, 5) is 0. The molecule has 0 amide bonds. The van der Waals surface area contributed by atoms with E-state index in [1.807, 2.05) is 6.07 Å². The Morgan fingerprint density at radius 3 is 2.64 bits per heavy atom. The smallest absolute Gasteiger partial charge is 0.125 e. The second kappa shape index (κ2) is 7.25. The van der Waals surface area contributed by atoms with Crippen molar-refractivity contribution in [3.63, 3.8) is 0 Å². The predicted molar refractivity (Wildman–Crippen MR) is 53.3 cm³/mol. The zero-order chi connectivity index (χ0) is 9.68. The van der Waals surface area contributed by atoms with Crippen LogP contribution in [0, 0.1) is 0 Å². The first kappa shape index (κ1) is 13.9. The van der Waals surface area contributed by atoms with Crippen molar-refractivity contribution < 1.29 is 42.6 Å². The zero-order valence-corrected chi connectivity index (χ0v) is 11.6. The van der Waals surface area contributed by atoms with Crippen LogP contribution >= 0.6 is 0 Å². The predicted octanol–water partition coefficient (Wildman–Crippen LogP) is 2.74. The number of aromatic hydroxyl groups is 1. The Morgan fingerprint density at radius 1 is 1.36 bits per heavy atom. The van der Waals surface area contributed by atoms with Gasteiger partial charge in [-0.3, -0.25) is 0 Å². The first-order valence-corrected chi connectivity index (χ1v) is 4.64. The molecule has 3 heteroatoms. The third kappa shape index (κ3) is 3.58. The molecule has 0 bridgehead atoms.